The van der Waals surface area contributed by atoms with E-state index in [9.17, 15) is 61.9 Å². The Kier molecular flexibility index (Phi) is 6.28. The number of hydrogen-bond acceptors (Lipinski definition) is 1. The van der Waals surface area contributed by atoms with Crippen LogP contribution in [-0.2, 0) is 4.79 Å². The summed E-state index contributed by atoms with van der Waals surface area (Å²) in [4.78, 5) is 11.3. The van der Waals surface area contributed by atoms with Gasteiger partial charge in [0.05, 0.1) is 5.69 Å². The molecule has 2 nitrogen and oxygen atoms in total. The van der Waals surface area contributed by atoms with E-state index in [2.05, 4.69) is 15.9 Å². The van der Waals surface area contributed by atoms with Gasteiger partial charge in [-0.05, 0) is 28.1 Å². The Labute approximate surface area is 160 Å². The Morgan fingerprint density at radius 3 is 1.52 bits per heavy atom. The van der Waals surface area contributed by atoms with E-state index in [0.29, 0.717) is 0 Å². The van der Waals surface area contributed by atoms with Crippen LogP contribution in [0.4, 0.5) is 62.8 Å². The molecule has 0 atom stereocenters. The molecule has 0 aliphatic carbocycles. The highest BCUT2D eigenvalue weighted by molar-refractivity contribution is 9.10. The SMILES string of the molecule is O=C(Nc1ccccc1Br)C(F)(F)C(F)(F)C(F)(F)C(F)(F)C(F)(F)C(F)(F)F. The molecule has 1 aromatic rings. The smallest absolute Gasteiger partial charge is 0.320 e. The Morgan fingerprint density at radius 1 is 0.690 bits per heavy atom. The van der Waals surface area contributed by atoms with Crippen molar-refractivity contribution in [3.05, 3.63) is 28.7 Å². The van der Waals surface area contributed by atoms with Crippen molar-refractivity contribution in [2.75, 3.05) is 5.32 Å². The molecule has 1 N–H and O–H groups in total. The van der Waals surface area contributed by atoms with Crippen molar-refractivity contribution in [3.63, 3.8) is 0 Å². The highest BCUT2D eigenvalue weighted by Crippen LogP contribution is 2.60. The molecule has 0 radical (unpaired) electrons. The first-order chi connectivity index (χ1) is 12.7. The second-order valence-electron chi connectivity index (χ2n) is 5.30. The first-order valence-electron chi connectivity index (χ1n) is 6.68. The van der Waals surface area contributed by atoms with E-state index in [1.807, 2.05) is 0 Å². The van der Waals surface area contributed by atoms with Crippen LogP contribution in [0, 0.1) is 0 Å². The van der Waals surface area contributed by atoms with Crippen LogP contribution in [0.1, 0.15) is 0 Å². The number of amides is 1. The fraction of sp³-hybridized carbons (Fsp3) is 0.462. The minimum absolute atomic E-state index is 0.284. The van der Waals surface area contributed by atoms with Crippen molar-refractivity contribution in [3.8, 4) is 0 Å². The molecule has 16 heteroatoms. The second kappa shape index (κ2) is 7.19. The van der Waals surface area contributed by atoms with Crippen LogP contribution in [0.25, 0.3) is 0 Å². The number of anilines is 1. The lowest BCUT2D eigenvalue weighted by atomic mass is 9.93. The summed E-state index contributed by atoms with van der Waals surface area (Å²) >= 11 is 2.62. The van der Waals surface area contributed by atoms with Gasteiger partial charge < -0.3 is 5.32 Å². The van der Waals surface area contributed by atoms with Gasteiger partial charge >= 0.3 is 41.7 Å². The quantitative estimate of drug-likeness (QED) is 0.452. The first-order valence-corrected chi connectivity index (χ1v) is 7.47. The van der Waals surface area contributed by atoms with Gasteiger partial charge in [-0.15, -0.1) is 0 Å². The average Bonchev–Trinajstić information content (AvgIpc) is 2.55. The third kappa shape index (κ3) is 3.74. The monoisotopic (exact) mass is 517 g/mol. The van der Waals surface area contributed by atoms with Crippen molar-refractivity contribution in [2.24, 2.45) is 0 Å². The molecule has 1 amide bonds. The second-order valence-corrected chi connectivity index (χ2v) is 6.16. The highest BCUT2D eigenvalue weighted by atomic mass is 79.9. The van der Waals surface area contributed by atoms with Gasteiger partial charge in [-0.2, -0.15) is 57.1 Å². The zero-order chi connectivity index (χ0) is 23.3. The minimum atomic E-state index is -8.06. The van der Waals surface area contributed by atoms with Crippen LogP contribution in [-0.4, -0.2) is 41.7 Å². The molecule has 0 bridgehead atoms. The normalized spacial score (nSPS) is 14.7. The fourth-order valence-electron chi connectivity index (χ4n) is 1.68. The van der Waals surface area contributed by atoms with Crippen LogP contribution in [0.2, 0.25) is 0 Å². The van der Waals surface area contributed by atoms with E-state index in [1.54, 1.807) is 0 Å². The molecule has 0 saturated carbocycles. The largest absolute Gasteiger partial charge is 0.460 e. The fourth-order valence-corrected chi connectivity index (χ4v) is 2.06. The summed E-state index contributed by atoms with van der Waals surface area (Å²) < 4.78 is 168. The van der Waals surface area contributed by atoms with Crippen LogP contribution < -0.4 is 5.32 Å². The predicted octanol–water partition coefficient (Wildman–Crippen LogP) is 6.13. The summed E-state index contributed by atoms with van der Waals surface area (Å²) in [6, 6.07) is 4.00. The molecule has 166 valence electrons. The van der Waals surface area contributed by atoms with Crippen molar-refractivity contribution in [1.29, 1.82) is 0 Å². The summed E-state index contributed by atoms with van der Waals surface area (Å²) in [6.07, 6.45) is -7.51. The maximum Gasteiger partial charge on any atom is 0.460 e. The Bertz CT molecular complexity index is 774. The number of carbonyl (C=O) groups excluding carboxylic acids is 1. The van der Waals surface area contributed by atoms with E-state index < -0.39 is 47.4 Å². The maximum absolute atomic E-state index is 13.6. The highest BCUT2D eigenvalue weighted by Gasteiger charge is 2.91. The van der Waals surface area contributed by atoms with Gasteiger partial charge in [0.25, 0.3) is 0 Å². The average molecular weight is 518 g/mol. The van der Waals surface area contributed by atoms with E-state index in [4.69, 9.17) is 0 Å². The molecule has 0 heterocycles. The van der Waals surface area contributed by atoms with Gasteiger partial charge in [-0.1, -0.05) is 12.1 Å². The maximum atomic E-state index is 13.6. The molecular weight excluding hydrogens is 513 g/mol. The summed E-state index contributed by atoms with van der Waals surface area (Å²) in [5.74, 6) is -41.8. The van der Waals surface area contributed by atoms with Gasteiger partial charge in [-0.3, -0.25) is 4.79 Å². The standard InChI is InChI=1S/C13H5BrF13NO/c14-5-3-1-2-4-6(5)28-7(29)8(15,16)9(17,18)10(19,20)11(21,22)12(23,24)13(25,26)27/h1-4H,(H,28,29). The van der Waals surface area contributed by atoms with Gasteiger partial charge in [0.2, 0.25) is 0 Å². The van der Waals surface area contributed by atoms with E-state index in [-0.39, 0.29) is 4.47 Å². The molecule has 0 aromatic heterocycles. The molecule has 29 heavy (non-hydrogen) atoms. The molecule has 0 saturated heterocycles. The number of halogens is 14. The Balaban J connectivity index is 3.42. The molecule has 1 rings (SSSR count). The number of rotatable bonds is 6. The number of hydrogen-bond donors (Lipinski definition) is 1. The van der Waals surface area contributed by atoms with Crippen LogP contribution >= 0.6 is 15.9 Å². The lowest BCUT2D eigenvalue weighted by molar-refractivity contribution is -0.435. The van der Waals surface area contributed by atoms with E-state index >= 15 is 0 Å². The zero-order valence-electron chi connectivity index (χ0n) is 13.0. The number of alkyl halides is 13. The first kappa shape index (κ1) is 25.3. The molecule has 0 unspecified atom stereocenters. The van der Waals surface area contributed by atoms with Gasteiger partial charge in [-0.25, -0.2) is 0 Å². The molecular formula is C13H5BrF13NO. The molecule has 0 aliphatic rings. The van der Waals surface area contributed by atoms with Crippen LogP contribution in [0.5, 0.6) is 0 Å². The zero-order valence-corrected chi connectivity index (χ0v) is 14.6. The molecule has 0 spiro atoms. The summed E-state index contributed by atoms with van der Waals surface area (Å²) in [7, 11) is 0. The number of carbonyl (C=O) groups is 1. The van der Waals surface area contributed by atoms with Crippen molar-refractivity contribution < 1.29 is 61.9 Å². The van der Waals surface area contributed by atoms with E-state index in [1.165, 1.54) is 6.07 Å². The van der Waals surface area contributed by atoms with Crippen molar-refractivity contribution in [2.45, 2.75) is 35.8 Å². The van der Waals surface area contributed by atoms with Gasteiger partial charge in [0.15, 0.2) is 0 Å². The van der Waals surface area contributed by atoms with Crippen molar-refractivity contribution >= 4 is 27.5 Å². The molecule has 0 fully saturated rings. The Morgan fingerprint density at radius 2 is 1.10 bits per heavy atom. The number of para-hydroxylation sites is 1. The molecule has 1 aromatic carbocycles. The van der Waals surface area contributed by atoms with Crippen LogP contribution in [0.3, 0.4) is 0 Å². The van der Waals surface area contributed by atoms with Gasteiger partial charge in [0.1, 0.15) is 0 Å². The van der Waals surface area contributed by atoms with Gasteiger partial charge in [0, 0.05) is 4.47 Å². The number of nitrogens with one attached hydrogen (secondary N) is 1. The summed E-state index contributed by atoms with van der Waals surface area (Å²) in [6.45, 7) is 0. The van der Waals surface area contributed by atoms with E-state index in [0.717, 1.165) is 23.5 Å². The third-order valence-electron chi connectivity index (χ3n) is 3.34. The lowest BCUT2D eigenvalue weighted by Crippen LogP contribution is -2.71. The Hall–Kier alpha value is -1.74. The third-order valence-corrected chi connectivity index (χ3v) is 4.03. The minimum Gasteiger partial charge on any atom is -0.320 e. The predicted molar refractivity (Wildman–Crippen MR) is 73.6 cm³/mol. The molecule has 0 aliphatic heterocycles. The topological polar surface area (TPSA) is 29.1 Å². The summed E-state index contributed by atoms with van der Waals surface area (Å²) in [5, 5.41) is 0.945. The van der Waals surface area contributed by atoms with Crippen molar-refractivity contribution in [1.82, 2.24) is 0 Å². The lowest BCUT2D eigenvalue weighted by Gasteiger charge is -2.39. The number of benzene rings is 1. The summed E-state index contributed by atoms with van der Waals surface area (Å²) in [5.41, 5.74) is -0.760. The van der Waals surface area contributed by atoms with Crippen LogP contribution in [0.15, 0.2) is 28.7 Å².